The Morgan fingerprint density at radius 2 is 1.59 bits per heavy atom. The van der Waals surface area contributed by atoms with Crippen molar-refractivity contribution in [2.75, 3.05) is 0 Å². The van der Waals surface area contributed by atoms with Crippen molar-refractivity contribution in [1.29, 1.82) is 0 Å². The third-order valence-corrected chi connectivity index (χ3v) is 3.90. The van der Waals surface area contributed by atoms with Crippen LogP contribution in [0.1, 0.15) is 5.56 Å². The molecule has 0 unspecified atom stereocenters. The Hall–Kier alpha value is -1.63. The molecule has 3 nitrogen and oxygen atoms in total. The van der Waals surface area contributed by atoms with Crippen molar-refractivity contribution >= 4 is 27.5 Å². The fourth-order valence-corrected chi connectivity index (χ4v) is 2.67. The van der Waals surface area contributed by atoms with Gasteiger partial charge in [0.2, 0.25) is 0 Å². The number of halogens is 11. The highest BCUT2D eigenvalue weighted by molar-refractivity contribution is 9.10. The van der Waals surface area contributed by atoms with Gasteiger partial charge in [-0.3, -0.25) is 0 Å². The lowest BCUT2D eigenvalue weighted by molar-refractivity contribution is -0.348. The quantitative estimate of drug-likeness (QED) is 0.478. The van der Waals surface area contributed by atoms with E-state index in [1.807, 2.05) is 0 Å². The average Bonchev–Trinajstić information content (AvgIpc) is 2.88. The van der Waals surface area contributed by atoms with Crippen LogP contribution in [0.4, 0.5) is 39.5 Å². The molecule has 1 aromatic heterocycles. The summed E-state index contributed by atoms with van der Waals surface area (Å²) < 4.78 is 122. The Morgan fingerprint density at radius 3 is 2.00 bits per heavy atom. The molecule has 0 atom stereocenters. The maximum atomic E-state index is 14.2. The van der Waals surface area contributed by atoms with E-state index in [1.54, 1.807) is 0 Å². The summed E-state index contributed by atoms with van der Waals surface area (Å²) >= 11 is 8.62. The summed E-state index contributed by atoms with van der Waals surface area (Å²) in [5.74, 6) is -1.24. The SMILES string of the molecule is FC(F)Oc1cc(C(F)(C(F)(F)F)C(F)(F)F)cc(Cl)c1-n1cc(Br)cn1. The van der Waals surface area contributed by atoms with Gasteiger partial charge in [0.15, 0.2) is 5.75 Å². The monoisotopic (exact) mass is 490 g/mol. The first-order chi connectivity index (χ1) is 12.2. The van der Waals surface area contributed by atoms with Crippen molar-refractivity contribution in [3.05, 3.63) is 39.6 Å². The van der Waals surface area contributed by atoms with Gasteiger partial charge >= 0.3 is 24.6 Å². The van der Waals surface area contributed by atoms with Crippen LogP contribution in [0.2, 0.25) is 5.02 Å². The molecular weight excluding hydrogens is 486 g/mol. The number of ether oxygens (including phenoxy) is 1. The fourth-order valence-electron chi connectivity index (χ4n) is 2.09. The van der Waals surface area contributed by atoms with Crippen molar-refractivity contribution < 1.29 is 44.3 Å². The molecule has 0 saturated heterocycles. The first-order valence-electron chi connectivity index (χ1n) is 6.50. The maximum Gasteiger partial charge on any atom is 0.435 e. The van der Waals surface area contributed by atoms with E-state index >= 15 is 0 Å². The molecule has 0 fully saturated rings. The highest BCUT2D eigenvalue weighted by Gasteiger charge is 2.73. The maximum absolute atomic E-state index is 14.2. The Morgan fingerprint density at radius 1 is 1.04 bits per heavy atom. The van der Waals surface area contributed by atoms with Gasteiger partial charge in [-0.15, -0.1) is 0 Å². The van der Waals surface area contributed by atoms with Crippen LogP contribution < -0.4 is 4.74 Å². The smallest absolute Gasteiger partial charge is 0.432 e. The largest absolute Gasteiger partial charge is 0.435 e. The van der Waals surface area contributed by atoms with Gasteiger partial charge in [-0.2, -0.15) is 40.2 Å². The highest BCUT2D eigenvalue weighted by Crippen LogP contribution is 2.54. The van der Waals surface area contributed by atoms with E-state index in [0.717, 1.165) is 17.1 Å². The fraction of sp³-hybridized carbons (Fsp3) is 0.308. The molecule has 0 bridgehead atoms. The molecule has 1 aromatic carbocycles. The molecule has 150 valence electrons. The zero-order valence-corrected chi connectivity index (χ0v) is 14.7. The van der Waals surface area contributed by atoms with Crippen LogP contribution >= 0.6 is 27.5 Å². The molecule has 27 heavy (non-hydrogen) atoms. The summed E-state index contributed by atoms with van der Waals surface area (Å²) in [4.78, 5) is 0. The Kier molecular flexibility index (Phi) is 5.68. The highest BCUT2D eigenvalue weighted by atomic mass is 79.9. The average molecular weight is 492 g/mol. The van der Waals surface area contributed by atoms with E-state index in [0.29, 0.717) is 0 Å². The van der Waals surface area contributed by atoms with Gasteiger partial charge in [0.25, 0.3) is 0 Å². The predicted molar refractivity (Wildman–Crippen MR) is 77.8 cm³/mol. The van der Waals surface area contributed by atoms with Crippen molar-refractivity contribution in [3.63, 3.8) is 0 Å². The summed E-state index contributed by atoms with van der Waals surface area (Å²) in [7, 11) is 0. The lowest BCUT2D eigenvalue weighted by atomic mass is 9.93. The van der Waals surface area contributed by atoms with Crippen LogP contribution in [0.15, 0.2) is 29.0 Å². The van der Waals surface area contributed by atoms with Crippen molar-refractivity contribution in [1.82, 2.24) is 9.78 Å². The van der Waals surface area contributed by atoms with Crippen LogP contribution in [-0.4, -0.2) is 28.7 Å². The lowest BCUT2D eigenvalue weighted by Gasteiger charge is -2.31. The Labute approximate surface area is 157 Å². The first-order valence-corrected chi connectivity index (χ1v) is 7.67. The number of hydrogen-bond acceptors (Lipinski definition) is 2. The predicted octanol–water partition coefficient (Wildman–Crippen LogP) is 6.18. The minimum Gasteiger partial charge on any atom is -0.432 e. The minimum absolute atomic E-state index is 0.0196. The number of hydrogen-bond donors (Lipinski definition) is 0. The Balaban J connectivity index is 2.79. The molecule has 0 aliphatic rings. The minimum atomic E-state index is -6.45. The standard InChI is InChI=1S/C13H5BrClF9N2O/c14-6-3-25-26(4-6)9-7(15)1-5(2-8(9)27-10(16)17)11(18,12(19,20)21)13(22,23)24/h1-4,10H. The molecular formula is C13H5BrClF9N2O. The molecule has 0 aliphatic heterocycles. The van der Waals surface area contributed by atoms with E-state index in [1.165, 1.54) is 0 Å². The van der Waals surface area contributed by atoms with E-state index in [9.17, 15) is 39.5 Å². The van der Waals surface area contributed by atoms with E-state index < -0.39 is 46.7 Å². The van der Waals surface area contributed by atoms with Gasteiger partial charge in [0.1, 0.15) is 5.69 Å². The molecule has 2 rings (SSSR count). The summed E-state index contributed by atoms with van der Waals surface area (Å²) in [5, 5.41) is 2.69. The summed E-state index contributed by atoms with van der Waals surface area (Å²) in [5.41, 5.74) is -8.55. The van der Waals surface area contributed by atoms with Crippen molar-refractivity contribution in [3.8, 4) is 11.4 Å². The van der Waals surface area contributed by atoms with Crippen LogP contribution in [0.25, 0.3) is 5.69 Å². The van der Waals surface area contributed by atoms with E-state index in [4.69, 9.17) is 11.6 Å². The zero-order valence-electron chi connectivity index (χ0n) is 12.3. The normalized spacial score (nSPS) is 13.3. The third-order valence-electron chi connectivity index (χ3n) is 3.20. The Bertz CT molecular complexity index is 820. The summed E-state index contributed by atoms with van der Waals surface area (Å²) in [6, 6.07) is -0.129. The van der Waals surface area contributed by atoms with Crippen molar-refractivity contribution in [2.45, 2.75) is 24.6 Å². The molecule has 0 amide bonds. The molecule has 1 heterocycles. The zero-order chi connectivity index (χ0) is 20.8. The number of nitrogens with zero attached hydrogens (tertiary/aromatic N) is 2. The van der Waals surface area contributed by atoms with Crippen LogP contribution in [0, 0.1) is 0 Å². The number of benzene rings is 1. The summed E-state index contributed by atoms with van der Waals surface area (Å²) in [6.07, 6.45) is -10.7. The van der Waals surface area contributed by atoms with Gasteiger partial charge in [0, 0.05) is 11.8 Å². The van der Waals surface area contributed by atoms with Crippen LogP contribution in [0.5, 0.6) is 5.75 Å². The third kappa shape index (κ3) is 3.98. The molecule has 2 aromatic rings. The molecule has 14 heteroatoms. The lowest BCUT2D eigenvalue weighted by Crippen LogP contribution is -2.50. The molecule has 0 aliphatic carbocycles. The van der Waals surface area contributed by atoms with Gasteiger partial charge in [-0.05, 0) is 28.1 Å². The number of aromatic nitrogens is 2. The van der Waals surface area contributed by atoms with E-state index in [-0.39, 0.29) is 16.6 Å². The van der Waals surface area contributed by atoms with Crippen LogP contribution in [-0.2, 0) is 5.67 Å². The first kappa shape index (κ1) is 21.7. The molecule has 0 spiro atoms. The van der Waals surface area contributed by atoms with Gasteiger partial charge in [-0.1, -0.05) is 11.6 Å². The van der Waals surface area contributed by atoms with Crippen LogP contribution in [0.3, 0.4) is 0 Å². The second-order valence-electron chi connectivity index (χ2n) is 4.94. The molecule has 0 saturated carbocycles. The summed E-state index contributed by atoms with van der Waals surface area (Å²) in [6.45, 7) is -3.65. The number of alkyl halides is 9. The van der Waals surface area contributed by atoms with Gasteiger partial charge in [0.05, 0.1) is 15.7 Å². The van der Waals surface area contributed by atoms with Crippen molar-refractivity contribution in [2.24, 2.45) is 0 Å². The van der Waals surface area contributed by atoms with Gasteiger partial charge in [-0.25, -0.2) is 9.07 Å². The second kappa shape index (κ2) is 7.08. The van der Waals surface area contributed by atoms with E-state index in [2.05, 4.69) is 25.8 Å². The molecule has 0 radical (unpaired) electrons. The number of rotatable bonds is 4. The second-order valence-corrected chi connectivity index (χ2v) is 6.26. The van der Waals surface area contributed by atoms with Gasteiger partial charge < -0.3 is 4.74 Å². The molecule has 0 N–H and O–H groups in total. The topological polar surface area (TPSA) is 27.1 Å².